The molecule has 0 saturated heterocycles. The third-order valence-corrected chi connectivity index (χ3v) is 0.258. The second kappa shape index (κ2) is 4.93. The average Bonchev–Trinajstić information content (AvgIpc) is 1.61. The Morgan fingerprint density at radius 1 is 1.50 bits per heavy atom. The molecule has 5 heteroatoms. The molecule has 6 heavy (non-hydrogen) atoms. The van der Waals surface area contributed by atoms with Gasteiger partial charge in [0.05, 0.1) is 0 Å². The molecule has 6 radical (unpaired) electrons. The largest absolute Gasteiger partial charge is 0.382 e. The van der Waals surface area contributed by atoms with E-state index in [4.69, 9.17) is 15.5 Å². The van der Waals surface area contributed by atoms with Crippen LogP contribution in [-0.4, -0.2) is 36.1 Å². The molecule has 0 fully saturated rings. The Hall–Kier alpha value is -0.0703. The Bertz CT molecular complexity index is 36.8. The van der Waals surface area contributed by atoms with Gasteiger partial charge in [-0.3, -0.25) is 0 Å². The smallest absolute Gasteiger partial charge is 0.212 e. The fraction of sp³-hybridized carbons (Fsp3) is 0. The highest BCUT2D eigenvalue weighted by atomic mass is 14.5. The molecule has 0 amide bonds. The number of hydrogen-bond donors (Lipinski definition) is 0. The van der Waals surface area contributed by atoms with Gasteiger partial charge in [0.1, 0.15) is 7.17 Å². The zero-order chi connectivity index (χ0) is 4.83. The van der Waals surface area contributed by atoms with Gasteiger partial charge in [-0.2, -0.15) is 0 Å². The highest BCUT2D eigenvalue weighted by Crippen LogP contribution is 1.47. The molecule has 0 aromatic heterocycles. The van der Waals surface area contributed by atoms with Crippen LogP contribution >= 0.6 is 0 Å². The van der Waals surface area contributed by atoms with E-state index in [1.54, 1.807) is 0 Å². The summed E-state index contributed by atoms with van der Waals surface area (Å²) in [5.74, 6) is 0. The number of rotatable bonds is 2. The summed E-state index contributed by atoms with van der Waals surface area (Å²) in [6.07, 6.45) is 1.40. The van der Waals surface area contributed by atoms with Crippen LogP contribution in [0.15, 0.2) is 4.90 Å². The van der Waals surface area contributed by atoms with Gasteiger partial charge in [-0.05, 0) is 0 Å². The molecule has 0 spiro atoms. The van der Waals surface area contributed by atoms with Crippen molar-refractivity contribution in [1.29, 1.82) is 0 Å². The van der Waals surface area contributed by atoms with Crippen molar-refractivity contribution in [2.45, 2.75) is 0 Å². The lowest BCUT2D eigenvalue weighted by molar-refractivity contribution is 1.96. The summed E-state index contributed by atoms with van der Waals surface area (Å²) in [4.78, 5) is 3.44. The molecule has 0 aliphatic heterocycles. The molecule has 0 aliphatic rings. The molecule has 0 heterocycles. The van der Waals surface area contributed by atoms with Crippen LogP contribution in [0.2, 0.25) is 0 Å². The van der Waals surface area contributed by atoms with E-state index in [9.17, 15) is 0 Å². The second-order valence-electron chi connectivity index (χ2n) is 0.640. The molecular weight excluding hydrogens is 69.3 g/mol. The predicted octanol–water partition coefficient (Wildman–Crippen LogP) is -1.49. The van der Waals surface area contributed by atoms with E-state index in [1.165, 1.54) is 20.6 Å². The first-order valence-corrected chi connectivity index (χ1v) is 1.52. The number of hydrogen-bond acceptors (Lipinski definition) is 1. The lowest BCUT2D eigenvalue weighted by Crippen LogP contribution is -1.92. The fourth-order valence-electron chi connectivity index (χ4n) is 0.0994. The molecule has 1 nitrogen and oxygen atoms in total. The molecule has 0 aliphatic carbocycles. The molecule has 0 aromatic carbocycles. The van der Waals surface area contributed by atoms with Gasteiger partial charge in [-0.1, -0.05) is 6.11 Å². The quantitative estimate of drug-likeness (QED) is 0.277. The first kappa shape index (κ1) is 5.93. The van der Waals surface area contributed by atoms with E-state index in [2.05, 4.69) is 4.90 Å². The summed E-state index contributed by atoms with van der Waals surface area (Å²) in [6, 6.07) is 0. The van der Waals surface area contributed by atoms with Gasteiger partial charge in [0, 0.05) is 15.5 Å². The molecule has 0 N–H and O–H groups in total. The van der Waals surface area contributed by atoms with Crippen molar-refractivity contribution in [3.63, 3.8) is 0 Å². The first-order chi connectivity index (χ1) is 2.91. The summed E-state index contributed by atoms with van der Waals surface area (Å²) < 4.78 is 0. The number of nitrogens with zero attached hydrogens (tertiary/aromatic N) is 1. The van der Waals surface area contributed by atoms with Crippen LogP contribution in [0.1, 0.15) is 0 Å². The van der Waals surface area contributed by atoms with E-state index in [1.807, 2.05) is 0 Å². The lowest BCUT2D eigenvalue weighted by atomic mass is 9.56. The van der Waals surface area contributed by atoms with Crippen molar-refractivity contribution in [3.8, 4) is 0 Å². The minimum Gasteiger partial charge on any atom is -0.382 e. The zero-order valence-electron chi connectivity index (χ0n) is 3.33. The van der Waals surface area contributed by atoms with E-state index in [0.29, 0.717) is 0 Å². The van der Waals surface area contributed by atoms with Gasteiger partial charge in [-0.15, -0.1) is 0 Å². The van der Waals surface area contributed by atoms with Crippen molar-refractivity contribution in [2.75, 3.05) is 0 Å². The summed E-state index contributed by atoms with van der Waals surface area (Å²) in [5, 5.41) is 0. The standard InChI is InChI=1S/CHB4N/c2-4-1-6-5-3/h1H. The van der Waals surface area contributed by atoms with Gasteiger partial charge in [0.25, 0.3) is 0 Å². The maximum atomic E-state index is 4.86. The van der Waals surface area contributed by atoms with Crippen LogP contribution in [-0.2, 0) is 0 Å². The topological polar surface area (TPSA) is 12.4 Å². The normalized spacial score (nSPS) is 8.67. The molecule has 22 valence electrons. The van der Waals surface area contributed by atoms with Crippen LogP contribution in [0.4, 0.5) is 0 Å². The van der Waals surface area contributed by atoms with Crippen molar-refractivity contribution in [3.05, 3.63) is 0 Å². The minimum atomic E-state index is 1.17. The van der Waals surface area contributed by atoms with Crippen LogP contribution in [0.5, 0.6) is 0 Å². The first-order valence-electron chi connectivity index (χ1n) is 1.52. The van der Waals surface area contributed by atoms with Gasteiger partial charge in [0.2, 0.25) is 7.31 Å². The molecule has 0 rings (SSSR count). The Morgan fingerprint density at radius 3 is 2.33 bits per heavy atom. The van der Waals surface area contributed by atoms with Crippen molar-refractivity contribution in [1.82, 2.24) is 0 Å². The average molecular weight is 70.3 g/mol. The Balaban J connectivity index is 2.73. The highest BCUT2D eigenvalue weighted by molar-refractivity contribution is 7.06. The summed E-state index contributed by atoms with van der Waals surface area (Å²) in [7, 11) is 12.2. The van der Waals surface area contributed by atoms with E-state index < -0.39 is 0 Å². The maximum absolute atomic E-state index is 4.86. The van der Waals surface area contributed by atoms with Gasteiger partial charge < -0.3 is 4.90 Å². The van der Waals surface area contributed by atoms with Crippen LogP contribution in [0.3, 0.4) is 0 Å². The molecule has 0 unspecified atom stereocenters. The SMILES string of the molecule is [B][B]C=N[B][B]. The summed E-state index contributed by atoms with van der Waals surface area (Å²) in [5.41, 5.74) is 0. The van der Waals surface area contributed by atoms with Crippen molar-refractivity contribution in [2.24, 2.45) is 4.90 Å². The summed E-state index contributed by atoms with van der Waals surface area (Å²) >= 11 is 0. The second-order valence-corrected chi connectivity index (χ2v) is 0.640. The molecule has 0 bridgehead atoms. The molecule has 0 saturated carbocycles. The van der Waals surface area contributed by atoms with Gasteiger partial charge in [-0.25, -0.2) is 0 Å². The zero-order valence-corrected chi connectivity index (χ0v) is 3.33. The van der Waals surface area contributed by atoms with Crippen molar-refractivity contribution >= 4 is 36.1 Å². The predicted molar refractivity (Wildman–Crippen MR) is 31.5 cm³/mol. The maximum Gasteiger partial charge on any atom is 0.212 e. The van der Waals surface area contributed by atoms with Crippen LogP contribution in [0, 0.1) is 0 Å². The van der Waals surface area contributed by atoms with Gasteiger partial charge in [0.15, 0.2) is 0 Å². The fourth-order valence-corrected chi connectivity index (χ4v) is 0.0994. The molecular formula is CHB4N. The van der Waals surface area contributed by atoms with Gasteiger partial charge >= 0.3 is 0 Å². The Morgan fingerprint density at radius 2 is 2.17 bits per heavy atom. The lowest BCUT2D eigenvalue weighted by Gasteiger charge is -1.71. The molecule has 0 aromatic rings. The monoisotopic (exact) mass is 71.0 g/mol. The summed E-state index contributed by atoms with van der Waals surface area (Å²) in [6.45, 7) is 0. The van der Waals surface area contributed by atoms with E-state index in [-0.39, 0.29) is 0 Å². The van der Waals surface area contributed by atoms with Crippen molar-refractivity contribution < 1.29 is 0 Å². The highest BCUT2D eigenvalue weighted by Gasteiger charge is 1.65. The van der Waals surface area contributed by atoms with Crippen LogP contribution in [0.25, 0.3) is 0 Å². The van der Waals surface area contributed by atoms with Crippen LogP contribution < -0.4 is 0 Å². The third-order valence-electron chi connectivity index (χ3n) is 0.258. The van der Waals surface area contributed by atoms with E-state index in [0.717, 1.165) is 0 Å². The Kier molecular flexibility index (Phi) is 4.87. The minimum absolute atomic E-state index is 1.17. The molecule has 0 atom stereocenters. The third kappa shape index (κ3) is 3.93. The Labute approximate surface area is 41.9 Å². The van der Waals surface area contributed by atoms with E-state index >= 15 is 0 Å².